The summed E-state index contributed by atoms with van der Waals surface area (Å²) in [7, 11) is -3.21. The number of nitrogens with one attached hydrogen (secondary N) is 1. The van der Waals surface area contributed by atoms with Crippen LogP contribution in [0, 0.1) is 0 Å². The molecule has 0 bridgehead atoms. The van der Waals surface area contributed by atoms with E-state index in [0.29, 0.717) is 24.2 Å². The monoisotopic (exact) mass is 414 g/mol. The third kappa shape index (κ3) is 3.95. The van der Waals surface area contributed by atoms with Crippen molar-refractivity contribution in [1.29, 1.82) is 0 Å². The number of carbonyl (C=O) groups is 1. The Kier molecular flexibility index (Phi) is 4.99. The van der Waals surface area contributed by atoms with Gasteiger partial charge in [-0.15, -0.1) is 0 Å². The minimum absolute atomic E-state index is 0.0247. The molecular formula is C20H22N4O4S. The molecule has 1 atom stereocenters. The van der Waals surface area contributed by atoms with Gasteiger partial charge in [0, 0.05) is 30.1 Å². The molecule has 1 N–H and O–H groups in total. The van der Waals surface area contributed by atoms with Crippen LogP contribution in [0.5, 0.6) is 0 Å². The van der Waals surface area contributed by atoms with Gasteiger partial charge < -0.3 is 9.84 Å². The number of nitrogens with zero attached hydrogens (tertiary/aromatic N) is 3. The van der Waals surface area contributed by atoms with Crippen molar-refractivity contribution < 1.29 is 17.7 Å². The summed E-state index contributed by atoms with van der Waals surface area (Å²) in [4.78, 5) is 12.4. The maximum absolute atomic E-state index is 12.4. The molecule has 1 unspecified atom stereocenters. The molecular weight excluding hydrogens is 392 g/mol. The van der Waals surface area contributed by atoms with E-state index in [9.17, 15) is 13.2 Å². The van der Waals surface area contributed by atoms with Crippen LogP contribution < -0.4 is 5.32 Å². The summed E-state index contributed by atoms with van der Waals surface area (Å²) >= 11 is 0. The molecule has 3 aromatic rings. The molecule has 0 aliphatic heterocycles. The van der Waals surface area contributed by atoms with Gasteiger partial charge in [-0.05, 0) is 25.8 Å². The number of sulfone groups is 1. The van der Waals surface area contributed by atoms with Crippen molar-refractivity contribution in [1.82, 2.24) is 20.3 Å². The maximum Gasteiger partial charge on any atom is 0.290 e. The number of hydrogen-bond acceptors (Lipinski definition) is 6. The van der Waals surface area contributed by atoms with Crippen molar-refractivity contribution >= 4 is 15.7 Å². The van der Waals surface area contributed by atoms with Gasteiger partial charge in [-0.1, -0.05) is 35.5 Å². The smallest absolute Gasteiger partial charge is 0.290 e. The number of carbonyl (C=O) groups excluding carboxylic acids is 1. The topological polar surface area (TPSA) is 107 Å². The van der Waals surface area contributed by atoms with E-state index < -0.39 is 15.1 Å². The molecule has 2 aromatic heterocycles. The number of hydrogen-bond donors (Lipinski definition) is 1. The van der Waals surface area contributed by atoms with Crippen molar-refractivity contribution in [3.8, 4) is 11.3 Å². The van der Waals surface area contributed by atoms with E-state index >= 15 is 0 Å². The van der Waals surface area contributed by atoms with Crippen LogP contribution >= 0.6 is 0 Å². The van der Waals surface area contributed by atoms with Crippen LogP contribution in [0.2, 0.25) is 0 Å². The van der Waals surface area contributed by atoms with Crippen LogP contribution in [0.3, 0.4) is 0 Å². The summed E-state index contributed by atoms with van der Waals surface area (Å²) in [6.07, 6.45) is 4.19. The van der Waals surface area contributed by atoms with Gasteiger partial charge >= 0.3 is 0 Å². The fraction of sp³-hybridized carbons (Fsp3) is 0.350. The third-order valence-electron chi connectivity index (χ3n) is 5.36. The summed E-state index contributed by atoms with van der Waals surface area (Å²) < 4.78 is 30.7. The molecule has 0 radical (unpaired) electrons. The lowest BCUT2D eigenvalue weighted by molar-refractivity contribution is 0.0850. The van der Waals surface area contributed by atoms with Gasteiger partial charge in [-0.3, -0.25) is 9.48 Å². The van der Waals surface area contributed by atoms with Gasteiger partial charge in [0.05, 0.1) is 17.0 Å². The fourth-order valence-electron chi connectivity index (χ4n) is 3.46. The Morgan fingerprint density at radius 1 is 1.24 bits per heavy atom. The molecule has 1 fully saturated rings. The largest absolute Gasteiger partial charge is 0.350 e. The molecule has 1 aliphatic rings. The van der Waals surface area contributed by atoms with E-state index in [2.05, 4.69) is 15.6 Å². The third-order valence-corrected chi connectivity index (χ3v) is 6.88. The predicted molar refractivity (Wildman–Crippen MR) is 107 cm³/mol. The molecule has 0 saturated heterocycles. The molecule has 29 heavy (non-hydrogen) atoms. The second-order valence-corrected chi connectivity index (χ2v) is 9.78. The number of aromatic nitrogens is 3. The van der Waals surface area contributed by atoms with Crippen LogP contribution in [-0.2, 0) is 9.84 Å². The zero-order chi connectivity index (χ0) is 20.6. The first kappa shape index (κ1) is 19.4. The first-order chi connectivity index (χ1) is 13.8. The highest BCUT2D eigenvalue weighted by Gasteiger charge is 2.35. The van der Waals surface area contributed by atoms with Crippen LogP contribution in [0.4, 0.5) is 0 Å². The van der Waals surface area contributed by atoms with Gasteiger partial charge in [0.15, 0.2) is 9.84 Å². The number of rotatable bonds is 6. The van der Waals surface area contributed by atoms with E-state index in [1.807, 2.05) is 30.3 Å². The Bertz CT molecular complexity index is 1110. The minimum atomic E-state index is -3.21. The Labute approximate surface area is 168 Å². The van der Waals surface area contributed by atoms with Gasteiger partial charge in [0.1, 0.15) is 5.69 Å². The fourth-order valence-corrected chi connectivity index (χ4v) is 4.09. The van der Waals surface area contributed by atoms with E-state index in [1.54, 1.807) is 29.9 Å². The van der Waals surface area contributed by atoms with E-state index in [1.165, 1.54) is 6.26 Å². The quantitative estimate of drug-likeness (QED) is 0.665. The number of amides is 1. The van der Waals surface area contributed by atoms with Crippen LogP contribution in [0.1, 0.15) is 47.3 Å². The summed E-state index contributed by atoms with van der Waals surface area (Å²) in [5.41, 5.74) is 2.16. The molecule has 1 amide bonds. The second kappa shape index (κ2) is 7.47. The van der Waals surface area contributed by atoms with Crippen molar-refractivity contribution in [2.45, 2.75) is 37.1 Å². The summed E-state index contributed by atoms with van der Waals surface area (Å²) in [5.74, 6) is -0.147. The lowest BCUT2D eigenvalue weighted by Gasteiger charge is -2.37. The SMILES string of the molecule is CC(c1ccnn1C1CC(NC(=O)c2cc(-c3ccccc3)no2)C1)S(C)(=O)=O. The highest BCUT2D eigenvalue weighted by molar-refractivity contribution is 7.90. The van der Waals surface area contributed by atoms with E-state index in [-0.39, 0.29) is 23.8 Å². The normalized spacial score (nSPS) is 20.1. The standard InChI is InChI=1S/C20H22N4O4S/c1-13(29(2,26)27)18-8-9-21-24(18)16-10-15(11-16)22-20(25)19-12-17(23-28-19)14-6-4-3-5-7-14/h3-9,12-13,15-16H,10-11H2,1-2H3,(H,22,25). The summed E-state index contributed by atoms with van der Waals surface area (Å²) in [6, 6.07) is 12.9. The predicted octanol–water partition coefficient (Wildman–Crippen LogP) is 2.78. The van der Waals surface area contributed by atoms with Gasteiger partial charge in [-0.25, -0.2) is 8.42 Å². The Morgan fingerprint density at radius 3 is 2.66 bits per heavy atom. The Morgan fingerprint density at radius 2 is 1.97 bits per heavy atom. The van der Waals surface area contributed by atoms with Crippen LogP contribution in [-0.4, -0.2) is 41.6 Å². The number of benzene rings is 1. The van der Waals surface area contributed by atoms with E-state index in [0.717, 1.165) is 5.56 Å². The highest BCUT2D eigenvalue weighted by atomic mass is 32.2. The maximum atomic E-state index is 12.4. The molecule has 1 saturated carbocycles. The molecule has 9 heteroatoms. The van der Waals surface area contributed by atoms with Crippen LogP contribution in [0.15, 0.2) is 53.2 Å². The average molecular weight is 414 g/mol. The lowest BCUT2D eigenvalue weighted by atomic mass is 9.86. The summed E-state index contributed by atoms with van der Waals surface area (Å²) in [6.45, 7) is 1.66. The van der Waals surface area contributed by atoms with Crippen molar-refractivity contribution in [2.24, 2.45) is 0 Å². The molecule has 0 spiro atoms. The van der Waals surface area contributed by atoms with E-state index in [4.69, 9.17) is 4.52 Å². The highest BCUT2D eigenvalue weighted by Crippen LogP contribution is 2.35. The summed E-state index contributed by atoms with van der Waals surface area (Å²) in [5, 5.41) is 10.6. The van der Waals surface area contributed by atoms with Crippen molar-refractivity contribution in [3.05, 3.63) is 60.1 Å². The minimum Gasteiger partial charge on any atom is -0.350 e. The molecule has 1 aromatic carbocycles. The lowest BCUT2D eigenvalue weighted by Crippen LogP contribution is -2.45. The van der Waals surface area contributed by atoms with Crippen molar-refractivity contribution in [2.75, 3.05) is 6.26 Å². The zero-order valence-corrected chi connectivity index (χ0v) is 17.0. The molecule has 8 nitrogen and oxygen atoms in total. The molecule has 1 aliphatic carbocycles. The van der Waals surface area contributed by atoms with Crippen LogP contribution in [0.25, 0.3) is 11.3 Å². The molecule has 4 rings (SSSR count). The average Bonchev–Trinajstić information content (AvgIpc) is 3.33. The van der Waals surface area contributed by atoms with Crippen molar-refractivity contribution in [3.63, 3.8) is 0 Å². The first-order valence-electron chi connectivity index (χ1n) is 9.38. The second-order valence-electron chi connectivity index (χ2n) is 7.41. The van der Waals surface area contributed by atoms with Gasteiger partial charge in [0.25, 0.3) is 5.91 Å². The van der Waals surface area contributed by atoms with Gasteiger partial charge in [-0.2, -0.15) is 5.10 Å². The first-order valence-corrected chi connectivity index (χ1v) is 11.3. The van der Waals surface area contributed by atoms with Gasteiger partial charge in [0.2, 0.25) is 5.76 Å². The Hall–Kier alpha value is -2.94. The Balaban J connectivity index is 1.37. The molecule has 152 valence electrons. The molecule has 2 heterocycles. The zero-order valence-electron chi connectivity index (χ0n) is 16.1.